The summed E-state index contributed by atoms with van der Waals surface area (Å²) in [5, 5.41) is 28.5. The van der Waals surface area contributed by atoms with Crippen molar-refractivity contribution in [1.82, 2.24) is 15.4 Å². The molecule has 1 aromatic carbocycles. The quantitative estimate of drug-likeness (QED) is 0.334. The number of carbonyl (C=O) groups excluding carboxylic acids is 1. The lowest BCUT2D eigenvalue weighted by Crippen LogP contribution is -2.55. The number of nitrogens with zero attached hydrogens (tertiary/aromatic N) is 3. The van der Waals surface area contributed by atoms with Crippen LogP contribution in [-0.2, 0) is 0 Å². The van der Waals surface area contributed by atoms with E-state index in [-0.39, 0.29) is 5.75 Å². The molecule has 1 fully saturated rings. The average molecular weight is 354 g/mol. The minimum atomic E-state index is -0.776. The van der Waals surface area contributed by atoms with Gasteiger partial charge in [-0.2, -0.15) is 10.2 Å². The molecular formula is C14H18N4O3S2. The molecule has 0 saturated carbocycles. The predicted octanol–water partition coefficient (Wildman–Crippen LogP) is 2.20. The first-order chi connectivity index (χ1) is 10.8. The van der Waals surface area contributed by atoms with Gasteiger partial charge >= 0.3 is 6.03 Å². The third-order valence-electron chi connectivity index (χ3n) is 3.30. The van der Waals surface area contributed by atoms with Crippen LogP contribution in [0.3, 0.4) is 0 Å². The van der Waals surface area contributed by atoms with E-state index in [1.54, 1.807) is 24.3 Å². The zero-order valence-electron chi connectivity index (χ0n) is 12.9. The number of nitrogens with one attached hydrogen (secondary N) is 1. The minimum Gasteiger partial charge on any atom is -0.507 e. The van der Waals surface area contributed by atoms with Gasteiger partial charge in [0.15, 0.2) is 10.5 Å². The normalized spacial score (nSPS) is 20.1. The standard InChI is InChI=1S/C14H18N4O3S2/c1-14(2)11(18(21)12(20)15-3)17(13(22)23-14)16-8-9-6-4-5-7-10(9)19/h4-8,11,19,21H,1-3H3,(H,15,20)/b16-8+. The fourth-order valence-corrected chi connectivity index (χ4v) is 3.96. The average Bonchev–Trinajstić information content (AvgIpc) is 2.73. The molecule has 1 atom stereocenters. The molecule has 0 spiro atoms. The van der Waals surface area contributed by atoms with Crippen LogP contribution in [0, 0.1) is 0 Å². The Hall–Kier alpha value is -1.84. The maximum absolute atomic E-state index is 11.8. The zero-order chi connectivity index (χ0) is 17.2. The Bertz CT molecular complexity index is 651. The first-order valence-corrected chi connectivity index (χ1v) is 8.04. The summed E-state index contributed by atoms with van der Waals surface area (Å²) in [6.07, 6.45) is 0.663. The van der Waals surface area contributed by atoms with Gasteiger partial charge in [-0.3, -0.25) is 5.21 Å². The van der Waals surface area contributed by atoms with Crippen molar-refractivity contribution in [3.63, 3.8) is 0 Å². The molecule has 0 aromatic heterocycles. The molecule has 2 rings (SSSR count). The molecule has 124 valence electrons. The summed E-state index contributed by atoms with van der Waals surface area (Å²) in [7, 11) is 1.43. The number of hydroxylamine groups is 2. The molecule has 2 amide bonds. The predicted molar refractivity (Wildman–Crippen MR) is 93.7 cm³/mol. The number of phenolic OH excluding ortho intramolecular Hbond substituents is 1. The molecule has 0 bridgehead atoms. The topological polar surface area (TPSA) is 88.4 Å². The van der Waals surface area contributed by atoms with Crippen LogP contribution in [0.5, 0.6) is 5.75 Å². The lowest BCUT2D eigenvalue weighted by atomic mass is 10.1. The third-order valence-corrected chi connectivity index (χ3v) is 4.84. The number of carbonyl (C=O) groups is 1. The van der Waals surface area contributed by atoms with Crippen LogP contribution in [0.1, 0.15) is 19.4 Å². The van der Waals surface area contributed by atoms with E-state index in [2.05, 4.69) is 10.4 Å². The van der Waals surface area contributed by atoms with E-state index in [0.717, 1.165) is 0 Å². The van der Waals surface area contributed by atoms with Gasteiger partial charge in [0.05, 0.1) is 11.0 Å². The van der Waals surface area contributed by atoms with Crippen molar-refractivity contribution in [3.05, 3.63) is 29.8 Å². The second kappa shape index (κ2) is 6.73. The van der Waals surface area contributed by atoms with Gasteiger partial charge in [-0.1, -0.05) is 36.1 Å². The number of thiocarbonyl (C=S) groups is 1. The molecule has 3 N–H and O–H groups in total. The molecule has 0 radical (unpaired) electrons. The van der Waals surface area contributed by atoms with Crippen LogP contribution in [0.25, 0.3) is 0 Å². The number of benzene rings is 1. The van der Waals surface area contributed by atoms with Gasteiger partial charge in [0.1, 0.15) is 5.75 Å². The lowest BCUT2D eigenvalue weighted by molar-refractivity contribution is -0.117. The Morgan fingerprint density at radius 2 is 2.17 bits per heavy atom. The van der Waals surface area contributed by atoms with Gasteiger partial charge < -0.3 is 10.4 Å². The zero-order valence-corrected chi connectivity index (χ0v) is 14.6. The fourth-order valence-electron chi connectivity index (χ4n) is 2.17. The third kappa shape index (κ3) is 3.57. The number of rotatable bonds is 3. The second-order valence-corrected chi connectivity index (χ2v) is 7.68. The van der Waals surface area contributed by atoms with Crippen LogP contribution in [0.2, 0.25) is 0 Å². The molecular weight excluding hydrogens is 336 g/mol. The smallest absolute Gasteiger partial charge is 0.343 e. The van der Waals surface area contributed by atoms with Gasteiger partial charge in [0.2, 0.25) is 0 Å². The van der Waals surface area contributed by atoms with Gasteiger partial charge in [-0.15, -0.1) is 0 Å². The molecule has 23 heavy (non-hydrogen) atoms. The summed E-state index contributed by atoms with van der Waals surface area (Å²) in [6.45, 7) is 3.71. The van der Waals surface area contributed by atoms with Crippen LogP contribution < -0.4 is 5.32 Å². The van der Waals surface area contributed by atoms with Crippen molar-refractivity contribution in [2.45, 2.75) is 24.8 Å². The van der Waals surface area contributed by atoms with E-state index in [0.29, 0.717) is 14.9 Å². The van der Waals surface area contributed by atoms with Crippen molar-refractivity contribution in [3.8, 4) is 5.75 Å². The number of phenols is 1. The minimum absolute atomic E-state index is 0.0805. The largest absolute Gasteiger partial charge is 0.507 e. The van der Waals surface area contributed by atoms with Gasteiger partial charge in [0.25, 0.3) is 0 Å². The molecule has 1 aliphatic rings. The lowest BCUT2D eigenvalue weighted by Gasteiger charge is -2.33. The summed E-state index contributed by atoms with van der Waals surface area (Å²) >= 11 is 6.63. The first kappa shape index (κ1) is 17.5. The Balaban J connectivity index is 2.32. The number of hydrogen-bond donors (Lipinski definition) is 3. The summed E-state index contributed by atoms with van der Waals surface area (Å²) in [6, 6.07) is 6.05. The molecule has 1 saturated heterocycles. The highest BCUT2D eigenvalue weighted by Gasteiger charge is 2.49. The maximum atomic E-state index is 11.8. The van der Waals surface area contributed by atoms with E-state index in [9.17, 15) is 15.1 Å². The van der Waals surface area contributed by atoms with Gasteiger partial charge in [0, 0.05) is 12.6 Å². The summed E-state index contributed by atoms with van der Waals surface area (Å²) in [4.78, 5) is 11.8. The second-order valence-electron chi connectivity index (χ2n) is 5.39. The van der Waals surface area contributed by atoms with Crippen molar-refractivity contribution in [2.24, 2.45) is 5.10 Å². The van der Waals surface area contributed by atoms with E-state index >= 15 is 0 Å². The highest BCUT2D eigenvalue weighted by atomic mass is 32.2. The summed E-state index contributed by atoms with van der Waals surface area (Å²) < 4.78 is -0.136. The number of thioether (sulfide) groups is 1. The SMILES string of the molecule is CNC(=O)N(O)C1N(/N=C/c2ccccc2O)C(=S)SC1(C)C. The van der Waals surface area contributed by atoms with E-state index < -0.39 is 16.9 Å². The van der Waals surface area contributed by atoms with Crippen LogP contribution in [-0.4, -0.2) is 54.9 Å². The van der Waals surface area contributed by atoms with Gasteiger partial charge in [-0.05, 0) is 26.0 Å². The highest BCUT2D eigenvalue weighted by Crippen LogP contribution is 2.42. The number of para-hydroxylation sites is 1. The van der Waals surface area contributed by atoms with E-state index in [1.807, 2.05) is 13.8 Å². The maximum Gasteiger partial charge on any atom is 0.343 e. The van der Waals surface area contributed by atoms with Crippen molar-refractivity contribution in [1.29, 1.82) is 0 Å². The summed E-state index contributed by atoms with van der Waals surface area (Å²) in [5.74, 6) is 0.0805. The number of urea groups is 1. The number of hydrazone groups is 1. The Labute approximate surface area is 143 Å². The summed E-state index contributed by atoms with van der Waals surface area (Å²) in [5.41, 5.74) is 0.508. The molecule has 1 aromatic rings. The molecule has 0 aliphatic carbocycles. The van der Waals surface area contributed by atoms with E-state index in [1.165, 1.54) is 30.0 Å². The fraction of sp³-hybridized carbons (Fsp3) is 0.357. The van der Waals surface area contributed by atoms with Crippen LogP contribution in [0.4, 0.5) is 4.79 Å². The van der Waals surface area contributed by atoms with Gasteiger partial charge in [-0.25, -0.2) is 9.80 Å². The van der Waals surface area contributed by atoms with Crippen molar-refractivity contribution in [2.75, 3.05) is 7.05 Å². The number of amides is 2. The number of hydrogen-bond acceptors (Lipinski definition) is 6. The Morgan fingerprint density at radius 1 is 1.52 bits per heavy atom. The highest BCUT2D eigenvalue weighted by molar-refractivity contribution is 8.24. The molecule has 9 heteroatoms. The molecule has 7 nitrogen and oxygen atoms in total. The van der Waals surface area contributed by atoms with E-state index in [4.69, 9.17) is 12.2 Å². The Morgan fingerprint density at radius 3 is 2.78 bits per heavy atom. The Kier molecular flexibility index (Phi) is 5.12. The van der Waals surface area contributed by atoms with Crippen LogP contribution in [0.15, 0.2) is 29.4 Å². The molecule has 1 aliphatic heterocycles. The molecule has 1 heterocycles. The van der Waals surface area contributed by atoms with Crippen molar-refractivity contribution >= 4 is 40.5 Å². The monoisotopic (exact) mass is 354 g/mol. The number of aromatic hydroxyl groups is 1. The van der Waals surface area contributed by atoms with Crippen LogP contribution >= 0.6 is 24.0 Å². The first-order valence-electron chi connectivity index (χ1n) is 6.82. The molecule has 1 unspecified atom stereocenters. The van der Waals surface area contributed by atoms with Crippen molar-refractivity contribution < 1.29 is 15.1 Å².